The van der Waals surface area contributed by atoms with E-state index in [2.05, 4.69) is 37.1 Å². The van der Waals surface area contributed by atoms with Crippen molar-refractivity contribution in [2.24, 2.45) is 0 Å². The summed E-state index contributed by atoms with van der Waals surface area (Å²) >= 11 is 0. The first-order valence-electron chi connectivity index (χ1n) is 17.0. The molecular formula is C38H56N2O6. The number of rotatable bonds is 20. The molecular weight excluding hydrogens is 580 g/mol. The van der Waals surface area contributed by atoms with Gasteiger partial charge in [-0.2, -0.15) is 0 Å². The first kappa shape index (κ1) is 37.0. The minimum absolute atomic E-state index is 0.100. The fourth-order valence-corrected chi connectivity index (χ4v) is 5.54. The van der Waals surface area contributed by atoms with Crippen molar-refractivity contribution in [3.63, 3.8) is 0 Å². The van der Waals surface area contributed by atoms with Crippen LogP contribution in [0.15, 0.2) is 44.6 Å². The second kappa shape index (κ2) is 18.6. The number of ether oxygens (including phenoxy) is 3. The molecule has 3 rings (SSSR count). The molecule has 1 heterocycles. The molecule has 0 saturated carbocycles. The molecule has 46 heavy (non-hydrogen) atoms. The van der Waals surface area contributed by atoms with Gasteiger partial charge in [-0.3, -0.25) is 4.79 Å². The summed E-state index contributed by atoms with van der Waals surface area (Å²) in [5.41, 5.74) is 3.85. The Morgan fingerprint density at radius 3 is 2.04 bits per heavy atom. The minimum atomic E-state index is -0.300. The van der Waals surface area contributed by atoms with E-state index >= 15 is 0 Å². The zero-order chi connectivity index (χ0) is 33.6. The molecule has 254 valence electrons. The van der Waals surface area contributed by atoms with Gasteiger partial charge in [-0.15, -0.1) is 0 Å². The second-order valence-corrected chi connectivity index (χ2v) is 12.2. The lowest BCUT2D eigenvalue weighted by Gasteiger charge is -2.19. The van der Waals surface area contributed by atoms with E-state index < -0.39 is 0 Å². The van der Waals surface area contributed by atoms with Crippen LogP contribution < -0.4 is 25.0 Å². The summed E-state index contributed by atoms with van der Waals surface area (Å²) in [5, 5.41) is 15.5. The Bertz CT molecular complexity index is 1540. The fraction of sp³-hybridized carbons (Fsp3) is 0.553. The van der Waals surface area contributed by atoms with Gasteiger partial charge in [-0.25, -0.2) is 0 Å². The van der Waals surface area contributed by atoms with Gasteiger partial charge in [0.05, 0.1) is 25.7 Å². The highest BCUT2D eigenvalue weighted by molar-refractivity contribution is 5.98. The van der Waals surface area contributed by atoms with Crippen molar-refractivity contribution in [1.29, 1.82) is 0 Å². The molecule has 3 aromatic rings. The number of benzene rings is 2. The first-order valence-corrected chi connectivity index (χ1v) is 17.0. The van der Waals surface area contributed by atoms with Crippen LogP contribution in [-0.4, -0.2) is 63.1 Å². The maximum Gasteiger partial charge on any atom is 0.204 e. The number of aromatic hydroxyl groups is 1. The third kappa shape index (κ3) is 9.76. The van der Waals surface area contributed by atoms with Gasteiger partial charge in [0.1, 0.15) is 28.1 Å². The number of methoxy groups -OCH3 is 1. The van der Waals surface area contributed by atoms with Crippen molar-refractivity contribution < 1.29 is 23.7 Å². The maximum absolute atomic E-state index is 14.3. The van der Waals surface area contributed by atoms with Crippen LogP contribution in [0.3, 0.4) is 0 Å². The Balaban J connectivity index is 2.14. The van der Waals surface area contributed by atoms with Crippen molar-refractivity contribution in [2.75, 3.05) is 53.0 Å². The Hall–Kier alpha value is -3.49. The van der Waals surface area contributed by atoms with Gasteiger partial charge in [0.15, 0.2) is 11.5 Å². The van der Waals surface area contributed by atoms with E-state index in [4.69, 9.17) is 18.6 Å². The largest absolute Gasteiger partial charge is 0.507 e. The molecule has 0 amide bonds. The molecule has 0 aliphatic carbocycles. The molecule has 0 saturated heterocycles. The van der Waals surface area contributed by atoms with Crippen molar-refractivity contribution in [3.8, 4) is 23.0 Å². The van der Waals surface area contributed by atoms with Crippen LogP contribution in [0.25, 0.3) is 21.9 Å². The Morgan fingerprint density at radius 1 is 0.848 bits per heavy atom. The average molecular weight is 637 g/mol. The van der Waals surface area contributed by atoms with E-state index in [0.717, 1.165) is 69.6 Å². The second-order valence-electron chi connectivity index (χ2n) is 12.2. The van der Waals surface area contributed by atoms with Gasteiger partial charge >= 0.3 is 0 Å². The number of hydrogen-bond acceptors (Lipinski definition) is 8. The van der Waals surface area contributed by atoms with Gasteiger partial charge in [0.2, 0.25) is 5.43 Å². The summed E-state index contributed by atoms with van der Waals surface area (Å²) in [7, 11) is 1.59. The van der Waals surface area contributed by atoms with Crippen molar-refractivity contribution in [3.05, 3.63) is 56.8 Å². The smallest absolute Gasteiger partial charge is 0.204 e. The van der Waals surface area contributed by atoms with E-state index in [1.165, 1.54) is 0 Å². The van der Waals surface area contributed by atoms with Crippen LogP contribution in [-0.2, 0) is 12.8 Å². The van der Waals surface area contributed by atoms with Crippen LogP contribution in [0, 0.1) is 0 Å². The van der Waals surface area contributed by atoms with E-state index in [1.807, 2.05) is 33.8 Å². The maximum atomic E-state index is 14.3. The van der Waals surface area contributed by atoms with Crippen LogP contribution in [0.5, 0.6) is 23.0 Å². The number of nitrogens with zero attached hydrogens (tertiary/aromatic N) is 1. The molecule has 0 aliphatic rings. The van der Waals surface area contributed by atoms with Crippen LogP contribution in [0.4, 0.5) is 0 Å². The molecule has 0 bridgehead atoms. The minimum Gasteiger partial charge on any atom is -0.507 e. The molecule has 2 N–H and O–H groups in total. The number of phenols is 1. The monoisotopic (exact) mass is 636 g/mol. The lowest BCUT2D eigenvalue weighted by atomic mass is 9.98. The molecule has 1 aromatic heterocycles. The fourth-order valence-electron chi connectivity index (χ4n) is 5.54. The summed E-state index contributed by atoms with van der Waals surface area (Å²) in [6, 6.07) is 3.50. The highest BCUT2D eigenvalue weighted by Gasteiger charge is 2.24. The Labute approximate surface area is 275 Å². The summed E-state index contributed by atoms with van der Waals surface area (Å²) in [6.07, 6.45) is 8.72. The molecule has 0 spiro atoms. The zero-order valence-electron chi connectivity index (χ0n) is 29.4. The first-order chi connectivity index (χ1) is 22.2. The highest BCUT2D eigenvalue weighted by atomic mass is 16.5. The zero-order valence-corrected chi connectivity index (χ0v) is 29.4. The van der Waals surface area contributed by atoms with Crippen LogP contribution >= 0.6 is 0 Å². The number of hydrogen-bond donors (Lipinski definition) is 2. The summed E-state index contributed by atoms with van der Waals surface area (Å²) in [4.78, 5) is 16.7. The van der Waals surface area contributed by atoms with E-state index in [0.29, 0.717) is 65.4 Å². The molecule has 8 nitrogen and oxygen atoms in total. The standard InChI is InChI=1S/C38H56N2O6/c1-9-39-20-12-14-22-45-33-25-31-34(29(38(33)43-8)19-17-27(6)7)37(42)35-32(46-31)24-30(28(36(35)41)18-16-26(4)5)44-23-15-13-21-40(10-2)11-3/h16-17,24-25,39,41H,9-15,18-23H2,1-8H3. The van der Waals surface area contributed by atoms with Crippen molar-refractivity contribution in [1.82, 2.24) is 10.2 Å². The average Bonchev–Trinajstić information content (AvgIpc) is 3.02. The lowest BCUT2D eigenvalue weighted by molar-refractivity contribution is 0.264. The molecule has 0 atom stereocenters. The number of nitrogens with one attached hydrogen (secondary N) is 1. The third-order valence-corrected chi connectivity index (χ3v) is 8.22. The van der Waals surface area contributed by atoms with E-state index in [1.54, 1.807) is 19.2 Å². The number of unbranched alkanes of at least 4 members (excludes halogenated alkanes) is 2. The molecule has 8 heteroatoms. The SMILES string of the molecule is CCNCCCCOc1cc2oc3cc(OCCCCN(CC)CC)c(CC=C(C)C)c(O)c3c(=O)c2c(CC=C(C)C)c1OC. The van der Waals surface area contributed by atoms with E-state index in [-0.39, 0.29) is 22.1 Å². The number of allylic oxidation sites excluding steroid dienone is 4. The van der Waals surface area contributed by atoms with Gasteiger partial charge in [0.25, 0.3) is 0 Å². The topological polar surface area (TPSA) is 93.4 Å². The molecule has 0 fully saturated rings. The Kier molecular flexibility index (Phi) is 15.0. The van der Waals surface area contributed by atoms with Crippen molar-refractivity contribution >= 4 is 21.9 Å². The van der Waals surface area contributed by atoms with Gasteiger partial charge in [-0.1, -0.05) is 44.1 Å². The normalized spacial score (nSPS) is 11.3. The Morgan fingerprint density at radius 2 is 1.43 bits per heavy atom. The number of phenolic OH excluding ortho intramolecular Hbond substituents is 1. The molecule has 0 unspecified atom stereocenters. The highest BCUT2D eigenvalue weighted by Crippen LogP contribution is 2.41. The summed E-state index contributed by atoms with van der Waals surface area (Å²) in [5.74, 6) is 1.48. The lowest BCUT2D eigenvalue weighted by Crippen LogP contribution is -2.24. The quantitative estimate of drug-likeness (QED) is 0.0734. The van der Waals surface area contributed by atoms with Crippen LogP contribution in [0.1, 0.15) is 85.3 Å². The van der Waals surface area contributed by atoms with Gasteiger partial charge in [0, 0.05) is 23.3 Å². The third-order valence-electron chi connectivity index (χ3n) is 8.22. The van der Waals surface area contributed by atoms with Gasteiger partial charge in [-0.05, 0) is 98.9 Å². The molecule has 0 radical (unpaired) electrons. The van der Waals surface area contributed by atoms with E-state index in [9.17, 15) is 9.90 Å². The summed E-state index contributed by atoms with van der Waals surface area (Å²) in [6.45, 7) is 20.5. The van der Waals surface area contributed by atoms with Gasteiger partial charge < -0.3 is 34.0 Å². The predicted octanol–water partition coefficient (Wildman–Crippen LogP) is 7.95. The number of fused-ring (bicyclic) bond motifs is 2. The summed E-state index contributed by atoms with van der Waals surface area (Å²) < 4.78 is 24.8. The molecule has 0 aliphatic heterocycles. The van der Waals surface area contributed by atoms with Crippen molar-refractivity contribution in [2.45, 2.75) is 87.0 Å². The van der Waals surface area contributed by atoms with Crippen LogP contribution in [0.2, 0.25) is 0 Å². The molecule has 2 aromatic carbocycles. The predicted molar refractivity (Wildman–Crippen MR) is 190 cm³/mol.